The minimum absolute atomic E-state index is 0.0652. The highest BCUT2D eigenvalue weighted by molar-refractivity contribution is 5.82. The van der Waals surface area contributed by atoms with Gasteiger partial charge in [0.05, 0.1) is 0 Å². The molecule has 0 fully saturated rings. The van der Waals surface area contributed by atoms with Crippen molar-refractivity contribution in [3.8, 4) is 0 Å². The fourth-order valence-corrected chi connectivity index (χ4v) is 1.99. The molecule has 0 unspecified atom stereocenters. The molecule has 2 amide bonds. The summed E-state index contributed by atoms with van der Waals surface area (Å²) in [5.74, 6) is -0.996. The first-order valence-electron chi connectivity index (χ1n) is 6.60. The molecular weight excluding hydrogens is 246 g/mol. The van der Waals surface area contributed by atoms with Crippen molar-refractivity contribution in [3.05, 3.63) is 0 Å². The van der Waals surface area contributed by atoms with Crippen LogP contribution in [0.15, 0.2) is 0 Å². The zero-order chi connectivity index (χ0) is 15.1. The first kappa shape index (κ1) is 17.7. The van der Waals surface area contributed by atoms with E-state index in [-0.39, 0.29) is 5.41 Å². The lowest BCUT2D eigenvalue weighted by Gasteiger charge is -2.28. The van der Waals surface area contributed by atoms with Crippen LogP contribution in [0.1, 0.15) is 33.6 Å². The lowest BCUT2D eigenvalue weighted by atomic mass is 9.93. The van der Waals surface area contributed by atoms with Crippen LogP contribution in [-0.2, 0) is 4.79 Å². The number of hydrogen-bond donors (Lipinski definition) is 3. The fraction of sp³-hybridized carbons (Fsp3) is 0.846. The number of nitrogens with one attached hydrogen (secondary N) is 2. The second kappa shape index (κ2) is 7.99. The molecule has 0 radical (unpaired) electrons. The van der Waals surface area contributed by atoms with Crippen molar-refractivity contribution in [1.29, 1.82) is 0 Å². The Bertz CT molecular complexity index is 304. The van der Waals surface area contributed by atoms with Crippen LogP contribution >= 0.6 is 0 Å². The van der Waals surface area contributed by atoms with E-state index in [0.29, 0.717) is 19.4 Å². The number of carboxylic acids is 1. The van der Waals surface area contributed by atoms with E-state index in [1.807, 2.05) is 34.9 Å². The summed E-state index contributed by atoms with van der Waals surface area (Å²) in [4.78, 5) is 24.6. The molecular formula is C13H27N3O3. The second-order valence-electron chi connectivity index (χ2n) is 5.91. The molecule has 1 atom stereocenters. The minimum Gasteiger partial charge on any atom is -0.480 e. The monoisotopic (exact) mass is 273 g/mol. The smallest absolute Gasteiger partial charge is 0.326 e. The number of nitrogens with zero attached hydrogens (tertiary/aromatic N) is 1. The van der Waals surface area contributed by atoms with Crippen molar-refractivity contribution < 1.29 is 14.7 Å². The molecule has 0 aliphatic heterocycles. The molecule has 0 aromatic rings. The first-order valence-corrected chi connectivity index (χ1v) is 6.60. The zero-order valence-electron chi connectivity index (χ0n) is 12.6. The van der Waals surface area contributed by atoms with Crippen molar-refractivity contribution in [3.63, 3.8) is 0 Å². The number of carboxylic acid groups (broad SMARTS) is 1. The van der Waals surface area contributed by atoms with Gasteiger partial charge in [-0.25, -0.2) is 9.59 Å². The summed E-state index contributed by atoms with van der Waals surface area (Å²) in [6, 6.07) is -1.24. The molecule has 0 bridgehead atoms. The lowest BCUT2D eigenvalue weighted by molar-refractivity contribution is -0.139. The molecule has 0 aromatic carbocycles. The van der Waals surface area contributed by atoms with Gasteiger partial charge in [0.1, 0.15) is 6.04 Å². The minimum atomic E-state index is -0.996. The average molecular weight is 273 g/mol. The largest absolute Gasteiger partial charge is 0.480 e. The summed E-state index contributed by atoms with van der Waals surface area (Å²) in [6.07, 6.45) is 1.15. The maximum atomic E-state index is 11.7. The topological polar surface area (TPSA) is 81.7 Å². The van der Waals surface area contributed by atoms with Gasteiger partial charge in [-0.15, -0.1) is 0 Å². The molecule has 19 heavy (non-hydrogen) atoms. The van der Waals surface area contributed by atoms with Crippen LogP contribution in [0.2, 0.25) is 0 Å². The molecule has 0 spiro atoms. The van der Waals surface area contributed by atoms with E-state index in [9.17, 15) is 9.59 Å². The molecule has 6 heteroatoms. The van der Waals surface area contributed by atoms with Gasteiger partial charge >= 0.3 is 12.0 Å². The van der Waals surface area contributed by atoms with Crippen molar-refractivity contribution in [2.75, 3.05) is 27.2 Å². The number of hydrogen-bond acceptors (Lipinski definition) is 3. The summed E-state index contributed by atoms with van der Waals surface area (Å²) in [5.41, 5.74) is -0.0652. The maximum absolute atomic E-state index is 11.7. The number of urea groups is 1. The molecule has 0 aromatic heterocycles. The number of carbonyl (C=O) groups excluding carboxylic acids is 1. The summed E-state index contributed by atoms with van der Waals surface area (Å²) in [6.45, 7) is 7.32. The summed E-state index contributed by atoms with van der Waals surface area (Å²) >= 11 is 0. The van der Waals surface area contributed by atoms with Gasteiger partial charge in [0.25, 0.3) is 0 Å². The van der Waals surface area contributed by atoms with Gasteiger partial charge in [-0.2, -0.15) is 0 Å². The van der Waals surface area contributed by atoms with Crippen LogP contribution in [0.5, 0.6) is 0 Å². The van der Waals surface area contributed by atoms with Crippen molar-refractivity contribution in [2.24, 2.45) is 5.41 Å². The van der Waals surface area contributed by atoms with Gasteiger partial charge in [-0.3, -0.25) is 0 Å². The Balaban J connectivity index is 4.20. The Kier molecular flexibility index (Phi) is 7.44. The predicted molar refractivity (Wildman–Crippen MR) is 75.2 cm³/mol. The van der Waals surface area contributed by atoms with E-state index in [2.05, 4.69) is 15.5 Å². The first-order chi connectivity index (χ1) is 8.68. The number of rotatable bonds is 8. The highest BCUT2D eigenvalue weighted by Crippen LogP contribution is 2.13. The van der Waals surface area contributed by atoms with E-state index in [0.717, 1.165) is 6.54 Å². The molecule has 3 N–H and O–H groups in total. The van der Waals surface area contributed by atoms with E-state index in [4.69, 9.17) is 5.11 Å². The standard InChI is InChI=1S/C13H27N3O3/c1-6-7-10(11(17)18)15-12(19)14-8-13(2,3)9-16(4)5/h10H,6-9H2,1-5H3,(H,17,18)(H2,14,15,19)/t10-/m0/s1. The Morgan fingerprint density at radius 3 is 2.32 bits per heavy atom. The highest BCUT2D eigenvalue weighted by atomic mass is 16.4. The van der Waals surface area contributed by atoms with Crippen molar-refractivity contribution in [1.82, 2.24) is 15.5 Å². The lowest BCUT2D eigenvalue weighted by Crippen LogP contribution is -2.49. The molecule has 0 saturated carbocycles. The summed E-state index contributed by atoms with van der Waals surface area (Å²) < 4.78 is 0. The van der Waals surface area contributed by atoms with Crippen LogP contribution in [0, 0.1) is 5.41 Å². The number of amides is 2. The molecule has 0 aliphatic rings. The SMILES string of the molecule is CCC[C@H](NC(=O)NCC(C)(C)CN(C)C)C(=O)O. The molecule has 0 saturated heterocycles. The van der Waals surface area contributed by atoms with E-state index in [1.165, 1.54) is 0 Å². The van der Waals surface area contributed by atoms with E-state index in [1.54, 1.807) is 0 Å². The normalized spacial score (nSPS) is 13.2. The van der Waals surface area contributed by atoms with Gasteiger partial charge < -0.3 is 20.6 Å². The summed E-state index contributed by atoms with van der Waals surface area (Å²) in [7, 11) is 3.95. The predicted octanol–water partition coefficient (Wildman–Crippen LogP) is 1.13. The Morgan fingerprint density at radius 2 is 1.89 bits per heavy atom. The van der Waals surface area contributed by atoms with Gasteiger partial charge in [-0.05, 0) is 25.9 Å². The Morgan fingerprint density at radius 1 is 1.32 bits per heavy atom. The average Bonchev–Trinajstić information content (AvgIpc) is 2.24. The molecule has 0 rings (SSSR count). The van der Waals surface area contributed by atoms with Gasteiger partial charge in [0, 0.05) is 13.1 Å². The fourth-order valence-electron chi connectivity index (χ4n) is 1.99. The van der Waals surface area contributed by atoms with Crippen LogP contribution in [0.25, 0.3) is 0 Å². The number of carbonyl (C=O) groups is 2. The highest BCUT2D eigenvalue weighted by Gasteiger charge is 2.22. The van der Waals surface area contributed by atoms with E-state index < -0.39 is 18.0 Å². The van der Waals surface area contributed by atoms with Gasteiger partial charge in [0.2, 0.25) is 0 Å². The van der Waals surface area contributed by atoms with Gasteiger partial charge in [-0.1, -0.05) is 27.2 Å². The third kappa shape index (κ3) is 8.42. The quantitative estimate of drug-likeness (QED) is 0.619. The molecule has 0 heterocycles. The Labute approximate surface area is 115 Å². The molecule has 6 nitrogen and oxygen atoms in total. The van der Waals surface area contributed by atoms with Crippen molar-refractivity contribution >= 4 is 12.0 Å². The number of aliphatic carboxylic acids is 1. The Hall–Kier alpha value is -1.30. The van der Waals surface area contributed by atoms with Crippen LogP contribution in [0.3, 0.4) is 0 Å². The third-order valence-electron chi connectivity index (χ3n) is 2.65. The molecule has 0 aliphatic carbocycles. The van der Waals surface area contributed by atoms with Crippen LogP contribution in [0.4, 0.5) is 4.79 Å². The van der Waals surface area contributed by atoms with E-state index >= 15 is 0 Å². The third-order valence-corrected chi connectivity index (χ3v) is 2.65. The van der Waals surface area contributed by atoms with Gasteiger partial charge in [0.15, 0.2) is 0 Å². The van der Waals surface area contributed by atoms with Crippen LogP contribution in [-0.4, -0.2) is 55.2 Å². The maximum Gasteiger partial charge on any atom is 0.326 e. The van der Waals surface area contributed by atoms with Crippen LogP contribution < -0.4 is 10.6 Å². The zero-order valence-corrected chi connectivity index (χ0v) is 12.6. The van der Waals surface area contributed by atoms with Crippen molar-refractivity contribution in [2.45, 2.75) is 39.7 Å². The second-order valence-corrected chi connectivity index (χ2v) is 5.91. The molecule has 112 valence electrons. The summed E-state index contributed by atoms with van der Waals surface area (Å²) in [5, 5.41) is 14.2.